The van der Waals surface area contributed by atoms with E-state index in [-0.39, 0.29) is 15.8 Å². The Labute approximate surface area is 237 Å². The van der Waals surface area contributed by atoms with Crippen LogP contribution in [0.3, 0.4) is 0 Å². The summed E-state index contributed by atoms with van der Waals surface area (Å²) in [6.45, 7) is 2.61. The summed E-state index contributed by atoms with van der Waals surface area (Å²) < 4.78 is 39.3. The molecule has 8 nitrogen and oxygen atoms in total. The summed E-state index contributed by atoms with van der Waals surface area (Å²) in [7, 11) is 0.765. The standard InChI is InChI=1S/C28H28ClN3O5S2/c1-30(39(34,35)21-9-10-24(36-2)22(29)18-21)20-8-11-26-19(16-20)17-27(38-26)28(33)32-14-12-31(13-15-32)23-6-4-5-7-25(23)37-3/h4-11,16-18H,12-15H2,1-3H3. The lowest BCUT2D eigenvalue weighted by atomic mass is 10.2. The van der Waals surface area contributed by atoms with Gasteiger partial charge >= 0.3 is 0 Å². The van der Waals surface area contributed by atoms with Gasteiger partial charge in [0.2, 0.25) is 0 Å². The molecule has 204 valence electrons. The second kappa shape index (κ2) is 11.0. The smallest absolute Gasteiger partial charge is 0.264 e. The number of nitrogens with zero attached hydrogens (tertiary/aromatic N) is 3. The van der Waals surface area contributed by atoms with E-state index in [4.69, 9.17) is 21.1 Å². The maximum atomic E-state index is 13.3. The fraction of sp³-hybridized carbons (Fsp3) is 0.250. The predicted octanol–water partition coefficient (Wildman–Crippen LogP) is 5.36. The van der Waals surface area contributed by atoms with Crippen molar-refractivity contribution >= 4 is 60.3 Å². The molecule has 1 aromatic heterocycles. The van der Waals surface area contributed by atoms with E-state index in [9.17, 15) is 13.2 Å². The van der Waals surface area contributed by atoms with E-state index in [1.54, 1.807) is 19.2 Å². The molecule has 39 heavy (non-hydrogen) atoms. The van der Waals surface area contributed by atoms with Gasteiger partial charge in [0.1, 0.15) is 11.5 Å². The molecule has 3 aromatic carbocycles. The minimum absolute atomic E-state index is 0.0220. The first-order chi connectivity index (χ1) is 18.7. The molecule has 2 heterocycles. The zero-order valence-electron chi connectivity index (χ0n) is 21.8. The summed E-state index contributed by atoms with van der Waals surface area (Å²) in [5.41, 5.74) is 1.51. The number of fused-ring (bicyclic) bond motifs is 1. The first-order valence-electron chi connectivity index (χ1n) is 12.3. The van der Waals surface area contributed by atoms with Crippen molar-refractivity contribution in [3.63, 3.8) is 0 Å². The molecule has 1 fully saturated rings. The van der Waals surface area contributed by atoms with Gasteiger partial charge in [0.25, 0.3) is 15.9 Å². The van der Waals surface area contributed by atoms with Crippen LogP contribution in [0.25, 0.3) is 10.1 Å². The van der Waals surface area contributed by atoms with Crippen molar-refractivity contribution in [1.82, 2.24) is 4.90 Å². The van der Waals surface area contributed by atoms with Gasteiger partial charge in [-0.1, -0.05) is 23.7 Å². The fourth-order valence-corrected chi connectivity index (χ4v) is 7.18. The Morgan fingerprint density at radius 3 is 2.33 bits per heavy atom. The number of halogens is 1. The number of methoxy groups -OCH3 is 2. The van der Waals surface area contributed by atoms with Crippen LogP contribution in [0.4, 0.5) is 11.4 Å². The zero-order chi connectivity index (χ0) is 27.7. The molecule has 0 saturated carbocycles. The Morgan fingerprint density at radius 1 is 0.923 bits per heavy atom. The number of thiophene rings is 1. The molecule has 1 aliphatic heterocycles. The van der Waals surface area contributed by atoms with Gasteiger partial charge < -0.3 is 19.3 Å². The van der Waals surface area contributed by atoms with Crippen LogP contribution >= 0.6 is 22.9 Å². The number of carbonyl (C=O) groups excluding carboxylic acids is 1. The molecule has 11 heteroatoms. The van der Waals surface area contributed by atoms with Crippen LogP contribution in [0, 0.1) is 0 Å². The normalized spacial score (nSPS) is 13.9. The van der Waals surface area contributed by atoms with Gasteiger partial charge in [0, 0.05) is 37.9 Å². The molecular formula is C28H28ClN3O5S2. The lowest BCUT2D eigenvalue weighted by Crippen LogP contribution is -2.48. The zero-order valence-corrected chi connectivity index (χ0v) is 24.1. The highest BCUT2D eigenvalue weighted by Crippen LogP contribution is 2.34. The van der Waals surface area contributed by atoms with E-state index < -0.39 is 10.0 Å². The van der Waals surface area contributed by atoms with Gasteiger partial charge in [-0.25, -0.2) is 8.42 Å². The van der Waals surface area contributed by atoms with E-state index in [1.807, 2.05) is 41.3 Å². The minimum atomic E-state index is -3.86. The number of piperazine rings is 1. The molecule has 5 rings (SSSR count). The third-order valence-corrected chi connectivity index (χ3v) is 10.0. The molecule has 0 aliphatic carbocycles. The Morgan fingerprint density at radius 2 is 1.64 bits per heavy atom. The summed E-state index contributed by atoms with van der Waals surface area (Å²) in [4.78, 5) is 18.1. The van der Waals surface area contributed by atoms with Crippen LogP contribution in [-0.2, 0) is 10.0 Å². The highest BCUT2D eigenvalue weighted by Gasteiger charge is 2.26. The third-order valence-electron chi connectivity index (χ3n) is 6.85. The lowest BCUT2D eigenvalue weighted by molar-refractivity contribution is 0.0751. The second-order valence-electron chi connectivity index (χ2n) is 9.05. The van der Waals surface area contributed by atoms with E-state index in [1.165, 1.54) is 48.0 Å². The molecule has 1 amide bonds. The maximum absolute atomic E-state index is 13.3. The number of rotatable bonds is 7. The molecule has 0 unspecified atom stereocenters. The Bertz CT molecular complexity index is 1630. The van der Waals surface area contributed by atoms with Gasteiger partial charge in [-0.05, 0) is 60.0 Å². The first-order valence-corrected chi connectivity index (χ1v) is 14.9. The molecule has 0 radical (unpaired) electrons. The quantitative estimate of drug-likeness (QED) is 0.291. The highest BCUT2D eigenvalue weighted by molar-refractivity contribution is 7.92. The number of hydrogen-bond donors (Lipinski definition) is 0. The summed E-state index contributed by atoms with van der Waals surface area (Å²) in [6.07, 6.45) is 0. The molecular weight excluding hydrogens is 558 g/mol. The van der Waals surface area contributed by atoms with Crippen LogP contribution in [0.5, 0.6) is 11.5 Å². The average Bonchev–Trinajstić information content (AvgIpc) is 3.40. The molecule has 0 bridgehead atoms. The van der Waals surface area contributed by atoms with E-state index in [2.05, 4.69) is 4.90 Å². The molecule has 1 aliphatic rings. The Balaban J connectivity index is 1.32. The predicted molar refractivity (Wildman–Crippen MR) is 157 cm³/mol. The third kappa shape index (κ3) is 5.24. The first kappa shape index (κ1) is 27.1. The van der Waals surface area contributed by atoms with E-state index >= 15 is 0 Å². The largest absolute Gasteiger partial charge is 0.495 e. The van der Waals surface area contributed by atoms with Crippen LogP contribution in [0.1, 0.15) is 9.67 Å². The van der Waals surface area contributed by atoms with Crippen molar-refractivity contribution in [2.45, 2.75) is 4.90 Å². The Hall–Kier alpha value is -3.47. The summed E-state index contributed by atoms with van der Waals surface area (Å²) in [6, 6.07) is 19.5. The number of benzene rings is 3. The van der Waals surface area contributed by atoms with E-state index in [0.717, 1.165) is 21.5 Å². The van der Waals surface area contributed by atoms with Crippen molar-refractivity contribution < 1.29 is 22.7 Å². The molecule has 0 atom stereocenters. The number of carbonyl (C=O) groups is 1. The number of amides is 1. The monoisotopic (exact) mass is 585 g/mol. The van der Waals surface area contributed by atoms with Crippen molar-refractivity contribution in [1.29, 1.82) is 0 Å². The molecule has 1 saturated heterocycles. The second-order valence-corrected chi connectivity index (χ2v) is 12.5. The minimum Gasteiger partial charge on any atom is -0.495 e. The SMILES string of the molecule is COc1ccc(S(=O)(=O)N(C)c2ccc3sc(C(=O)N4CCN(c5ccccc5OC)CC4)cc3c2)cc1Cl. The van der Waals surface area contributed by atoms with Crippen LogP contribution in [-0.4, -0.2) is 66.7 Å². The fourth-order valence-electron chi connectivity index (χ4n) is 4.63. The number of ether oxygens (including phenoxy) is 2. The van der Waals surface area contributed by atoms with Crippen molar-refractivity contribution in [2.24, 2.45) is 0 Å². The number of hydrogen-bond acceptors (Lipinski definition) is 7. The van der Waals surface area contributed by atoms with Crippen LogP contribution < -0.4 is 18.7 Å². The summed E-state index contributed by atoms with van der Waals surface area (Å²) >= 11 is 7.57. The number of anilines is 2. The molecule has 0 spiro atoms. The van der Waals surface area contributed by atoms with Gasteiger partial charge in [-0.3, -0.25) is 9.10 Å². The average molecular weight is 586 g/mol. The summed E-state index contributed by atoms with van der Waals surface area (Å²) in [5.74, 6) is 1.20. The summed E-state index contributed by atoms with van der Waals surface area (Å²) in [5, 5.41) is 1.02. The van der Waals surface area contributed by atoms with Gasteiger partial charge in [-0.15, -0.1) is 11.3 Å². The van der Waals surface area contributed by atoms with Gasteiger partial charge in [-0.2, -0.15) is 0 Å². The number of sulfonamides is 1. The lowest BCUT2D eigenvalue weighted by Gasteiger charge is -2.36. The molecule has 4 aromatic rings. The van der Waals surface area contributed by atoms with Crippen molar-refractivity contribution in [3.05, 3.63) is 76.6 Å². The van der Waals surface area contributed by atoms with Crippen LogP contribution in [0.2, 0.25) is 5.02 Å². The number of para-hydroxylation sites is 2. The molecule has 0 N–H and O–H groups in total. The maximum Gasteiger partial charge on any atom is 0.264 e. The van der Waals surface area contributed by atoms with Crippen molar-refractivity contribution in [2.75, 3.05) is 56.7 Å². The van der Waals surface area contributed by atoms with Crippen LogP contribution in [0.15, 0.2) is 71.6 Å². The highest BCUT2D eigenvalue weighted by atomic mass is 35.5. The van der Waals surface area contributed by atoms with Gasteiger partial charge in [0.05, 0.1) is 40.4 Å². The van der Waals surface area contributed by atoms with Gasteiger partial charge in [0.15, 0.2) is 0 Å². The topological polar surface area (TPSA) is 79.4 Å². The van der Waals surface area contributed by atoms with Crippen molar-refractivity contribution in [3.8, 4) is 11.5 Å². The Kier molecular flexibility index (Phi) is 7.61. The van der Waals surface area contributed by atoms with E-state index in [0.29, 0.717) is 42.5 Å².